The number of hydrogen-bond acceptors (Lipinski definition) is 3. The molecule has 0 spiro atoms. The summed E-state index contributed by atoms with van der Waals surface area (Å²) < 4.78 is 0. The van der Waals surface area contributed by atoms with Crippen molar-refractivity contribution in [2.75, 3.05) is 5.32 Å². The number of amides is 1. The smallest absolute Gasteiger partial charge is 0.273 e. The van der Waals surface area contributed by atoms with E-state index in [4.69, 9.17) is 0 Å². The Labute approximate surface area is 145 Å². The van der Waals surface area contributed by atoms with Crippen molar-refractivity contribution in [1.29, 1.82) is 0 Å². The summed E-state index contributed by atoms with van der Waals surface area (Å²) in [6, 6.07) is 23.5. The van der Waals surface area contributed by atoms with Gasteiger partial charge in [0.05, 0.1) is 11.3 Å². The number of hydrogen-bond donors (Lipinski definition) is 1. The number of rotatable bonds is 5. The SMILES string of the molecule is O=C(Cc1ccccc1[N+](=O)[O-])Nc1ccccc1-c1ccccc1. The Morgan fingerprint density at radius 2 is 1.52 bits per heavy atom. The van der Waals surface area contributed by atoms with E-state index in [0.29, 0.717) is 11.3 Å². The predicted molar refractivity (Wildman–Crippen MR) is 97.3 cm³/mol. The van der Waals surface area contributed by atoms with Crippen LogP contribution in [0.2, 0.25) is 0 Å². The highest BCUT2D eigenvalue weighted by atomic mass is 16.6. The maximum atomic E-state index is 12.4. The van der Waals surface area contributed by atoms with Crippen molar-refractivity contribution in [3.05, 3.63) is 94.5 Å². The van der Waals surface area contributed by atoms with E-state index in [1.165, 1.54) is 6.07 Å². The number of para-hydroxylation sites is 2. The molecule has 5 heteroatoms. The lowest BCUT2D eigenvalue weighted by atomic mass is 10.0. The molecule has 0 unspecified atom stereocenters. The molecule has 0 aliphatic carbocycles. The molecule has 0 radical (unpaired) electrons. The Balaban J connectivity index is 1.82. The Hall–Kier alpha value is -3.47. The van der Waals surface area contributed by atoms with Crippen molar-refractivity contribution in [3.8, 4) is 11.1 Å². The van der Waals surface area contributed by atoms with Crippen LogP contribution in [-0.2, 0) is 11.2 Å². The molecule has 0 bridgehead atoms. The summed E-state index contributed by atoms with van der Waals surface area (Å²) in [5.74, 6) is -0.294. The average Bonchev–Trinajstić information content (AvgIpc) is 2.63. The van der Waals surface area contributed by atoms with Gasteiger partial charge < -0.3 is 5.32 Å². The van der Waals surface area contributed by atoms with Crippen LogP contribution in [0.3, 0.4) is 0 Å². The third-order valence-corrected chi connectivity index (χ3v) is 3.83. The summed E-state index contributed by atoms with van der Waals surface area (Å²) in [5, 5.41) is 13.9. The van der Waals surface area contributed by atoms with Gasteiger partial charge in [0.15, 0.2) is 0 Å². The molecule has 1 N–H and O–H groups in total. The highest BCUT2D eigenvalue weighted by Gasteiger charge is 2.16. The zero-order chi connectivity index (χ0) is 17.6. The monoisotopic (exact) mass is 332 g/mol. The summed E-state index contributed by atoms with van der Waals surface area (Å²) in [7, 11) is 0. The van der Waals surface area contributed by atoms with E-state index in [1.807, 2.05) is 54.6 Å². The van der Waals surface area contributed by atoms with Crippen molar-refractivity contribution in [1.82, 2.24) is 0 Å². The Kier molecular flexibility index (Phi) is 4.85. The number of nitro benzene ring substituents is 1. The summed E-state index contributed by atoms with van der Waals surface area (Å²) in [4.78, 5) is 23.0. The van der Waals surface area contributed by atoms with Crippen molar-refractivity contribution in [2.24, 2.45) is 0 Å². The lowest BCUT2D eigenvalue weighted by Crippen LogP contribution is -2.15. The summed E-state index contributed by atoms with van der Waals surface area (Å²) in [6.07, 6.45) is -0.0553. The van der Waals surface area contributed by atoms with E-state index >= 15 is 0 Å². The third-order valence-electron chi connectivity index (χ3n) is 3.83. The van der Waals surface area contributed by atoms with Gasteiger partial charge in [-0.2, -0.15) is 0 Å². The van der Waals surface area contributed by atoms with Crippen LogP contribution in [0.1, 0.15) is 5.56 Å². The summed E-state index contributed by atoms with van der Waals surface area (Å²) in [5.41, 5.74) is 2.91. The van der Waals surface area contributed by atoms with Gasteiger partial charge in [0, 0.05) is 22.9 Å². The molecule has 5 nitrogen and oxygen atoms in total. The largest absolute Gasteiger partial charge is 0.325 e. The molecule has 124 valence electrons. The normalized spacial score (nSPS) is 10.2. The van der Waals surface area contributed by atoms with Crippen LogP contribution in [0.4, 0.5) is 11.4 Å². The van der Waals surface area contributed by atoms with E-state index in [2.05, 4.69) is 5.32 Å². The van der Waals surface area contributed by atoms with Gasteiger partial charge in [-0.1, -0.05) is 66.7 Å². The van der Waals surface area contributed by atoms with Gasteiger partial charge in [0.25, 0.3) is 5.69 Å². The van der Waals surface area contributed by atoms with Crippen LogP contribution in [-0.4, -0.2) is 10.8 Å². The molecule has 0 saturated heterocycles. The van der Waals surface area contributed by atoms with Crippen molar-refractivity contribution < 1.29 is 9.72 Å². The van der Waals surface area contributed by atoms with Crippen molar-refractivity contribution >= 4 is 17.3 Å². The molecule has 25 heavy (non-hydrogen) atoms. The van der Waals surface area contributed by atoms with E-state index in [1.54, 1.807) is 18.2 Å². The minimum atomic E-state index is -0.472. The second-order valence-electron chi connectivity index (χ2n) is 5.52. The molecule has 0 aliphatic rings. The highest BCUT2D eigenvalue weighted by molar-refractivity contribution is 5.96. The molecular weight excluding hydrogens is 316 g/mol. The number of nitro groups is 1. The van der Waals surface area contributed by atoms with E-state index in [9.17, 15) is 14.9 Å². The topological polar surface area (TPSA) is 72.2 Å². The van der Waals surface area contributed by atoms with Crippen molar-refractivity contribution in [2.45, 2.75) is 6.42 Å². The van der Waals surface area contributed by atoms with Gasteiger partial charge in [-0.3, -0.25) is 14.9 Å². The minimum Gasteiger partial charge on any atom is -0.325 e. The lowest BCUT2D eigenvalue weighted by molar-refractivity contribution is -0.385. The first-order chi connectivity index (χ1) is 12.1. The van der Waals surface area contributed by atoms with Crippen LogP contribution in [0.25, 0.3) is 11.1 Å². The van der Waals surface area contributed by atoms with Gasteiger partial charge in [-0.25, -0.2) is 0 Å². The number of carbonyl (C=O) groups excluding carboxylic acids is 1. The number of anilines is 1. The quantitative estimate of drug-likeness (QED) is 0.554. The van der Waals surface area contributed by atoms with Gasteiger partial charge in [0.2, 0.25) is 5.91 Å². The maximum Gasteiger partial charge on any atom is 0.273 e. The molecule has 0 saturated carbocycles. The van der Waals surface area contributed by atoms with Gasteiger partial charge in [0.1, 0.15) is 0 Å². The lowest BCUT2D eigenvalue weighted by Gasteiger charge is -2.11. The van der Waals surface area contributed by atoms with E-state index in [0.717, 1.165) is 11.1 Å². The minimum absolute atomic E-state index is 0.0472. The third kappa shape index (κ3) is 3.90. The molecule has 0 atom stereocenters. The highest BCUT2D eigenvalue weighted by Crippen LogP contribution is 2.28. The molecule has 0 aliphatic heterocycles. The van der Waals surface area contributed by atoms with Crippen LogP contribution in [0.5, 0.6) is 0 Å². The molecule has 3 aromatic carbocycles. The Bertz CT molecular complexity index is 908. The molecule has 3 aromatic rings. The first-order valence-electron chi connectivity index (χ1n) is 7.82. The molecule has 3 rings (SSSR count). The fraction of sp³-hybridized carbons (Fsp3) is 0.0500. The molecule has 0 fully saturated rings. The molecule has 1 amide bonds. The van der Waals surface area contributed by atoms with Crippen LogP contribution in [0, 0.1) is 10.1 Å². The van der Waals surface area contributed by atoms with E-state index in [-0.39, 0.29) is 18.0 Å². The molecule has 0 heterocycles. The summed E-state index contributed by atoms with van der Waals surface area (Å²) >= 11 is 0. The Morgan fingerprint density at radius 3 is 2.28 bits per heavy atom. The standard InChI is InChI=1S/C20H16N2O3/c23-20(14-16-10-4-7-13-19(16)22(24)25)21-18-12-6-5-11-17(18)15-8-2-1-3-9-15/h1-13H,14H2,(H,21,23). The zero-order valence-corrected chi connectivity index (χ0v) is 13.4. The molecule has 0 aromatic heterocycles. The fourth-order valence-corrected chi connectivity index (χ4v) is 2.67. The maximum absolute atomic E-state index is 12.4. The first-order valence-corrected chi connectivity index (χ1v) is 7.82. The number of carbonyl (C=O) groups is 1. The van der Waals surface area contributed by atoms with Gasteiger partial charge in [-0.15, -0.1) is 0 Å². The number of benzene rings is 3. The van der Waals surface area contributed by atoms with Crippen molar-refractivity contribution in [3.63, 3.8) is 0 Å². The second-order valence-corrected chi connectivity index (χ2v) is 5.52. The average molecular weight is 332 g/mol. The first kappa shape index (κ1) is 16.4. The zero-order valence-electron chi connectivity index (χ0n) is 13.4. The van der Waals surface area contributed by atoms with E-state index < -0.39 is 4.92 Å². The second kappa shape index (κ2) is 7.40. The van der Waals surface area contributed by atoms with Crippen LogP contribution >= 0.6 is 0 Å². The van der Waals surface area contributed by atoms with Gasteiger partial charge in [-0.05, 0) is 11.6 Å². The molecular formula is C20H16N2O3. The predicted octanol–water partition coefficient (Wildman–Crippen LogP) is 4.44. The number of nitrogens with zero attached hydrogens (tertiary/aromatic N) is 1. The summed E-state index contributed by atoms with van der Waals surface area (Å²) in [6.45, 7) is 0. The van der Waals surface area contributed by atoms with Gasteiger partial charge >= 0.3 is 0 Å². The van der Waals surface area contributed by atoms with Crippen LogP contribution < -0.4 is 5.32 Å². The fourth-order valence-electron chi connectivity index (χ4n) is 2.67. The van der Waals surface area contributed by atoms with Crippen LogP contribution in [0.15, 0.2) is 78.9 Å². The Morgan fingerprint density at radius 1 is 0.880 bits per heavy atom. The number of nitrogens with one attached hydrogen (secondary N) is 1.